The number of rotatable bonds is 7. The molecule has 0 spiro atoms. The topological polar surface area (TPSA) is 73.1 Å². The molecule has 0 aliphatic heterocycles. The van der Waals surface area contributed by atoms with Gasteiger partial charge in [0.2, 0.25) is 5.91 Å². The van der Waals surface area contributed by atoms with Crippen LogP contribution in [0.5, 0.6) is 0 Å². The highest BCUT2D eigenvalue weighted by molar-refractivity contribution is 7.99. The molecule has 0 saturated heterocycles. The molecule has 0 aromatic heterocycles. The molecule has 6 heteroatoms. The van der Waals surface area contributed by atoms with E-state index in [0.717, 1.165) is 5.56 Å². The minimum Gasteiger partial charge on any atom is -0.386 e. The summed E-state index contributed by atoms with van der Waals surface area (Å²) in [4.78, 5) is 11.8. The number of nitriles is 1. The molecule has 4 nitrogen and oxygen atoms in total. The van der Waals surface area contributed by atoms with E-state index in [9.17, 15) is 14.3 Å². The second-order valence-electron chi connectivity index (χ2n) is 5.14. The first kappa shape index (κ1) is 18.0. The van der Waals surface area contributed by atoms with Crippen molar-refractivity contribution in [3.63, 3.8) is 0 Å². The van der Waals surface area contributed by atoms with Gasteiger partial charge in [-0.1, -0.05) is 30.3 Å². The fourth-order valence-electron chi connectivity index (χ4n) is 2.05. The van der Waals surface area contributed by atoms with Gasteiger partial charge in [-0.3, -0.25) is 4.79 Å². The van der Waals surface area contributed by atoms with Gasteiger partial charge in [-0.15, -0.1) is 11.8 Å². The summed E-state index contributed by atoms with van der Waals surface area (Å²) in [6, 6.07) is 15.2. The summed E-state index contributed by atoms with van der Waals surface area (Å²) in [5, 5.41) is 21.2. The molecule has 1 amide bonds. The van der Waals surface area contributed by atoms with Crippen molar-refractivity contribution in [2.45, 2.75) is 11.9 Å². The lowest BCUT2D eigenvalue weighted by Gasteiger charge is -2.13. The fraction of sp³-hybridized carbons (Fsp3) is 0.222. The lowest BCUT2D eigenvalue weighted by Crippen LogP contribution is -2.30. The summed E-state index contributed by atoms with van der Waals surface area (Å²) >= 11 is 1.43. The molecular weight excluding hydrogens is 327 g/mol. The Morgan fingerprint density at radius 2 is 1.96 bits per heavy atom. The summed E-state index contributed by atoms with van der Waals surface area (Å²) in [7, 11) is 0. The van der Waals surface area contributed by atoms with Crippen LogP contribution in [0.15, 0.2) is 48.5 Å². The van der Waals surface area contributed by atoms with Crippen molar-refractivity contribution in [2.75, 3.05) is 12.3 Å². The van der Waals surface area contributed by atoms with Gasteiger partial charge in [0, 0.05) is 17.9 Å². The SMILES string of the molecule is N#Cc1ccc(CSCC(=O)NCC(O)c2ccccc2F)cc1. The largest absolute Gasteiger partial charge is 0.386 e. The van der Waals surface area contributed by atoms with E-state index in [-0.39, 0.29) is 23.8 Å². The molecule has 0 bridgehead atoms. The third-order valence-electron chi connectivity index (χ3n) is 3.34. The molecule has 1 atom stereocenters. The monoisotopic (exact) mass is 344 g/mol. The van der Waals surface area contributed by atoms with Crippen LogP contribution >= 0.6 is 11.8 Å². The molecule has 0 radical (unpaired) electrons. The predicted molar refractivity (Wildman–Crippen MR) is 91.7 cm³/mol. The van der Waals surface area contributed by atoms with Crippen molar-refractivity contribution in [2.24, 2.45) is 0 Å². The van der Waals surface area contributed by atoms with Crippen molar-refractivity contribution >= 4 is 17.7 Å². The first-order chi connectivity index (χ1) is 11.6. The Balaban J connectivity index is 1.71. The summed E-state index contributed by atoms with van der Waals surface area (Å²) in [6.45, 7) is -0.0306. The maximum Gasteiger partial charge on any atom is 0.230 e. The summed E-state index contributed by atoms with van der Waals surface area (Å²) < 4.78 is 13.5. The van der Waals surface area contributed by atoms with Gasteiger partial charge in [-0.2, -0.15) is 5.26 Å². The number of hydrogen-bond donors (Lipinski definition) is 2. The molecule has 2 aromatic rings. The normalized spacial score (nSPS) is 11.5. The minimum atomic E-state index is -1.07. The Hall–Kier alpha value is -2.36. The van der Waals surface area contributed by atoms with E-state index in [1.165, 1.54) is 23.9 Å². The number of carbonyl (C=O) groups is 1. The molecule has 0 heterocycles. The van der Waals surface area contributed by atoms with Crippen LogP contribution in [0.1, 0.15) is 22.8 Å². The van der Waals surface area contributed by atoms with E-state index < -0.39 is 11.9 Å². The van der Waals surface area contributed by atoms with Gasteiger partial charge in [-0.25, -0.2) is 4.39 Å². The van der Waals surface area contributed by atoms with Crippen LogP contribution in [0.3, 0.4) is 0 Å². The first-order valence-corrected chi connectivity index (χ1v) is 8.51. The molecule has 0 fully saturated rings. The number of carbonyl (C=O) groups excluding carboxylic acids is 1. The first-order valence-electron chi connectivity index (χ1n) is 7.36. The molecule has 2 N–H and O–H groups in total. The molecule has 0 aliphatic rings. The number of amides is 1. The smallest absolute Gasteiger partial charge is 0.230 e. The Morgan fingerprint density at radius 1 is 1.25 bits per heavy atom. The van der Waals surface area contributed by atoms with E-state index in [2.05, 4.69) is 11.4 Å². The summed E-state index contributed by atoms with van der Waals surface area (Å²) in [5.74, 6) is 0.178. The molecule has 0 saturated carbocycles. The Bertz CT molecular complexity index is 729. The van der Waals surface area contributed by atoms with Gasteiger partial charge >= 0.3 is 0 Å². The van der Waals surface area contributed by atoms with Crippen LogP contribution in [0.2, 0.25) is 0 Å². The molecule has 2 rings (SSSR count). The van der Waals surface area contributed by atoms with Gasteiger partial charge in [0.05, 0.1) is 23.5 Å². The third kappa shape index (κ3) is 5.37. The van der Waals surface area contributed by atoms with E-state index >= 15 is 0 Å². The van der Waals surface area contributed by atoms with Gasteiger partial charge in [0.15, 0.2) is 0 Å². The molecule has 124 valence electrons. The van der Waals surface area contributed by atoms with E-state index in [1.807, 2.05) is 12.1 Å². The van der Waals surface area contributed by atoms with Crippen LogP contribution in [-0.2, 0) is 10.5 Å². The molecule has 2 aromatic carbocycles. The second-order valence-corrected chi connectivity index (χ2v) is 6.13. The summed E-state index contributed by atoms with van der Waals surface area (Å²) in [6.07, 6.45) is -1.07. The Morgan fingerprint density at radius 3 is 2.62 bits per heavy atom. The zero-order chi connectivity index (χ0) is 17.4. The molecular formula is C18H17FN2O2S. The van der Waals surface area contributed by atoms with Crippen molar-refractivity contribution in [1.29, 1.82) is 5.26 Å². The number of benzene rings is 2. The second kappa shape index (κ2) is 9.06. The average Bonchev–Trinajstić information content (AvgIpc) is 2.60. The number of aliphatic hydroxyl groups is 1. The number of halogens is 1. The maximum atomic E-state index is 13.5. The Kier molecular flexibility index (Phi) is 6.79. The maximum absolute atomic E-state index is 13.5. The average molecular weight is 344 g/mol. The summed E-state index contributed by atoms with van der Waals surface area (Å²) in [5.41, 5.74) is 1.80. The number of aliphatic hydroxyl groups excluding tert-OH is 1. The minimum absolute atomic E-state index is 0.0306. The van der Waals surface area contributed by atoms with Crippen LogP contribution in [0.4, 0.5) is 4.39 Å². The van der Waals surface area contributed by atoms with E-state index in [4.69, 9.17) is 5.26 Å². The van der Waals surface area contributed by atoms with Crippen LogP contribution < -0.4 is 5.32 Å². The van der Waals surface area contributed by atoms with Crippen molar-refractivity contribution in [1.82, 2.24) is 5.32 Å². The predicted octanol–water partition coefficient (Wildman–Crippen LogP) is 2.78. The third-order valence-corrected chi connectivity index (χ3v) is 4.35. The standard InChI is InChI=1S/C18H17FN2O2S/c19-16-4-2-1-3-15(16)17(22)10-21-18(23)12-24-11-14-7-5-13(9-20)6-8-14/h1-8,17,22H,10-12H2,(H,21,23). The highest BCUT2D eigenvalue weighted by Crippen LogP contribution is 2.16. The lowest BCUT2D eigenvalue weighted by molar-refractivity contribution is -0.119. The number of thioether (sulfide) groups is 1. The van der Waals surface area contributed by atoms with Gasteiger partial charge in [0.1, 0.15) is 5.82 Å². The van der Waals surface area contributed by atoms with E-state index in [0.29, 0.717) is 11.3 Å². The Labute approximate surface area is 144 Å². The number of nitrogens with zero attached hydrogens (tertiary/aromatic N) is 1. The van der Waals surface area contributed by atoms with Gasteiger partial charge < -0.3 is 10.4 Å². The van der Waals surface area contributed by atoms with Gasteiger partial charge in [-0.05, 0) is 23.8 Å². The van der Waals surface area contributed by atoms with Crippen LogP contribution in [0, 0.1) is 17.1 Å². The zero-order valence-electron chi connectivity index (χ0n) is 12.9. The molecule has 24 heavy (non-hydrogen) atoms. The molecule has 0 aliphatic carbocycles. The number of nitrogens with one attached hydrogen (secondary N) is 1. The lowest BCUT2D eigenvalue weighted by atomic mass is 10.1. The molecule has 1 unspecified atom stereocenters. The van der Waals surface area contributed by atoms with Crippen molar-refractivity contribution in [3.8, 4) is 6.07 Å². The van der Waals surface area contributed by atoms with E-state index in [1.54, 1.807) is 24.3 Å². The highest BCUT2D eigenvalue weighted by Gasteiger charge is 2.13. The van der Waals surface area contributed by atoms with Crippen molar-refractivity contribution < 1.29 is 14.3 Å². The zero-order valence-corrected chi connectivity index (χ0v) is 13.7. The van der Waals surface area contributed by atoms with Crippen LogP contribution in [-0.4, -0.2) is 23.3 Å². The fourth-order valence-corrected chi connectivity index (χ4v) is 2.87. The van der Waals surface area contributed by atoms with Crippen molar-refractivity contribution in [3.05, 3.63) is 71.0 Å². The number of hydrogen-bond acceptors (Lipinski definition) is 4. The quantitative estimate of drug-likeness (QED) is 0.810. The van der Waals surface area contributed by atoms with Gasteiger partial charge in [0.25, 0.3) is 0 Å². The van der Waals surface area contributed by atoms with Crippen LogP contribution in [0.25, 0.3) is 0 Å². The highest BCUT2D eigenvalue weighted by atomic mass is 32.2.